The highest BCUT2D eigenvalue weighted by Gasteiger charge is 2.41. The van der Waals surface area contributed by atoms with Crippen molar-refractivity contribution < 1.29 is 19.0 Å². The average molecular weight is 238 g/mol. The molecule has 1 aromatic carbocycles. The number of hydrogen-bond acceptors (Lipinski definition) is 3. The highest BCUT2D eigenvalue weighted by molar-refractivity contribution is 5.38. The van der Waals surface area contributed by atoms with Gasteiger partial charge in [0, 0.05) is 24.8 Å². The molecular formula is C13H15FO3. The number of fused-ring (bicyclic) bond motifs is 1. The predicted molar refractivity (Wildman–Crippen MR) is 59.4 cm³/mol. The fraction of sp³-hybridized carbons (Fsp3) is 0.538. The van der Waals surface area contributed by atoms with Crippen LogP contribution in [0.1, 0.15) is 30.9 Å². The van der Waals surface area contributed by atoms with Gasteiger partial charge in [-0.3, -0.25) is 0 Å². The number of aliphatic hydroxyl groups excluding tert-OH is 1. The lowest BCUT2D eigenvalue weighted by molar-refractivity contribution is -0.0840. The highest BCUT2D eigenvalue weighted by Crippen LogP contribution is 2.43. The van der Waals surface area contributed by atoms with E-state index >= 15 is 0 Å². The van der Waals surface area contributed by atoms with Crippen molar-refractivity contribution in [3.05, 3.63) is 29.6 Å². The summed E-state index contributed by atoms with van der Waals surface area (Å²) in [7, 11) is 0. The van der Waals surface area contributed by atoms with Gasteiger partial charge in [0.05, 0.1) is 19.3 Å². The van der Waals surface area contributed by atoms with Crippen LogP contribution in [0.3, 0.4) is 0 Å². The molecule has 0 unspecified atom stereocenters. The lowest BCUT2D eigenvalue weighted by Gasteiger charge is -2.43. The number of halogens is 1. The van der Waals surface area contributed by atoms with E-state index in [1.54, 1.807) is 6.07 Å². The van der Waals surface area contributed by atoms with Crippen molar-refractivity contribution >= 4 is 0 Å². The first-order valence-electron chi connectivity index (χ1n) is 5.93. The molecule has 2 aliphatic heterocycles. The fourth-order valence-electron chi connectivity index (χ4n) is 2.66. The smallest absolute Gasteiger partial charge is 0.126 e. The van der Waals surface area contributed by atoms with Gasteiger partial charge < -0.3 is 14.6 Å². The average Bonchev–Trinajstić information content (AvgIpc) is 2.31. The minimum Gasteiger partial charge on any atom is -0.487 e. The van der Waals surface area contributed by atoms with Gasteiger partial charge in [0.15, 0.2) is 0 Å². The van der Waals surface area contributed by atoms with Gasteiger partial charge in [-0.15, -0.1) is 0 Å². The summed E-state index contributed by atoms with van der Waals surface area (Å²) in [6, 6.07) is 4.32. The second kappa shape index (κ2) is 3.96. The number of benzene rings is 1. The second-order valence-corrected chi connectivity index (χ2v) is 4.80. The number of hydrogen-bond donors (Lipinski definition) is 1. The molecule has 4 heteroatoms. The summed E-state index contributed by atoms with van der Waals surface area (Å²) in [6.07, 6.45) is 1.43. The maximum Gasteiger partial charge on any atom is 0.126 e. The molecule has 17 heavy (non-hydrogen) atoms. The number of aliphatic hydroxyl groups is 1. The number of ether oxygens (including phenoxy) is 2. The molecule has 0 aliphatic carbocycles. The van der Waals surface area contributed by atoms with E-state index in [9.17, 15) is 9.50 Å². The Bertz CT molecular complexity index is 427. The molecule has 3 rings (SSSR count). The molecule has 2 aliphatic rings. The topological polar surface area (TPSA) is 38.7 Å². The molecule has 0 saturated carbocycles. The third kappa shape index (κ3) is 1.91. The molecule has 1 N–H and O–H groups in total. The van der Waals surface area contributed by atoms with Crippen LogP contribution in [-0.4, -0.2) is 23.9 Å². The molecule has 2 heterocycles. The Morgan fingerprint density at radius 2 is 2.06 bits per heavy atom. The van der Waals surface area contributed by atoms with Crippen LogP contribution in [0.5, 0.6) is 5.75 Å². The highest BCUT2D eigenvalue weighted by atomic mass is 19.1. The lowest BCUT2D eigenvalue weighted by atomic mass is 9.83. The van der Waals surface area contributed by atoms with Gasteiger partial charge in [0.25, 0.3) is 0 Å². The molecule has 1 saturated heterocycles. The summed E-state index contributed by atoms with van der Waals surface area (Å²) in [4.78, 5) is 0. The molecule has 92 valence electrons. The first kappa shape index (κ1) is 11.0. The summed E-state index contributed by atoms with van der Waals surface area (Å²) < 4.78 is 24.4. The van der Waals surface area contributed by atoms with Crippen molar-refractivity contribution in [2.24, 2.45) is 0 Å². The van der Waals surface area contributed by atoms with Gasteiger partial charge in [0.2, 0.25) is 0 Å². The van der Waals surface area contributed by atoms with Crippen LogP contribution in [0.25, 0.3) is 0 Å². The van der Waals surface area contributed by atoms with E-state index < -0.39 is 6.10 Å². The summed E-state index contributed by atoms with van der Waals surface area (Å²) in [5, 5.41) is 10.1. The Labute approximate surface area is 99.2 Å². The first-order valence-corrected chi connectivity index (χ1v) is 5.93. The molecule has 1 spiro atoms. The Balaban J connectivity index is 1.94. The molecule has 0 amide bonds. The summed E-state index contributed by atoms with van der Waals surface area (Å²) in [5.41, 5.74) is 0.227. The van der Waals surface area contributed by atoms with E-state index in [1.165, 1.54) is 12.1 Å². The summed E-state index contributed by atoms with van der Waals surface area (Å²) in [6.45, 7) is 1.31. The van der Waals surface area contributed by atoms with Gasteiger partial charge in [-0.25, -0.2) is 4.39 Å². The quantitative estimate of drug-likeness (QED) is 0.753. The Kier molecular flexibility index (Phi) is 2.56. The maximum atomic E-state index is 13.1. The van der Waals surface area contributed by atoms with Crippen LogP contribution in [0.2, 0.25) is 0 Å². The first-order chi connectivity index (χ1) is 8.19. The van der Waals surface area contributed by atoms with E-state index in [0.29, 0.717) is 30.9 Å². The second-order valence-electron chi connectivity index (χ2n) is 4.80. The van der Waals surface area contributed by atoms with Crippen molar-refractivity contribution in [3.63, 3.8) is 0 Å². The van der Waals surface area contributed by atoms with Gasteiger partial charge in [-0.05, 0) is 18.2 Å². The van der Waals surface area contributed by atoms with Crippen LogP contribution in [0, 0.1) is 5.82 Å². The van der Waals surface area contributed by atoms with Crippen LogP contribution < -0.4 is 4.74 Å². The van der Waals surface area contributed by atoms with Crippen LogP contribution in [0.15, 0.2) is 18.2 Å². The van der Waals surface area contributed by atoms with E-state index in [4.69, 9.17) is 9.47 Å². The fourth-order valence-corrected chi connectivity index (χ4v) is 2.66. The molecule has 1 atom stereocenters. The Morgan fingerprint density at radius 1 is 1.29 bits per heavy atom. The summed E-state index contributed by atoms with van der Waals surface area (Å²) >= 11 is 0. The van der Waals surface area contributed by atoms with Crippen molar-refractivity contribution in [3.8, 4) is 5.75 Å². The zero-order valence-electron chi connectivity index (χ0n) is 9.49. The maximum absolute atomic E-state index is 13.1. The largest absolute Gasteiger partial charge is 0.487 e. The molecule has 1 aromatic rings. The zero-order chi connectivity index (χ0) is 11.9. The molecule has 0 aromatic heterocycles. The van der Waals surface area contributed by atoms with Gasteiger partial charge >= 0.3 is 0 Å². The van der Waals surface area contributed by atoms with Crippen LogP contribution >= 0.6 is 0 Å². The molecule has 1 fully saturated rings. The van der Waals surface area contributed by atoms with Crippen molar-refractivity contribution in [1.82, 2.24) is 0 Å². The van der Waals surface area contributed by atoms with E-state index in [0.717, 1.165) is 12.8 Å². The zero-order valence-corrected chi connectivity index (χ0v) is 9.49. The van der Waals surface area contributed by atoms with Crippen molar-refractivity contribution in [2.75, 3.05) is 13.2 Å². The van der Waals surface area contributed by atoms with Crippen molar-refractivity contribution in [2.45, 2.75) is 31.0 Å². The standard InChI is InChI=1S/C13H15FO3/c14-9-1-2-12-10(7-9)11(15)8-13(17-12)3-5-16-6-4-13/h1-2,7,11,15H,3-6,8H2/t11-/m0/s1. The van der Waals surface area contributed by atoms with Gasteiger partial charge in [-0.2, -0.15) is 0 Å². The summed E-state index contributed by atoms with van der Waals surface area (Å²) in [5.74, 6) is 0.265. The van der Waals surface area contributed by atoms with Gasteiger partial charge in [-0.1, -0.05) is 0 Å². The minimum atomic E-state index is -0.646. The van der Waals surface area contributed by atoms with E-state index in [-0.39, 0.29) is 11.4 Å². The predicted octanol–water partition coefficient (Wildman–Crippen LogP) is 2.19. The number of rotatable bonds is 0. The molecule has 0 radical (unpaired) electrons. The van der Waals surface area contributed by atoms with Crippen molar-refractivity contribution in [1.29, 1.82) is 0 Å². The molecule has 3 nitrogen and oxygen atoms in total. The van der Waals surface area contributed by atoms with Crippen LogP contribution in [0.4, 0.5) is 4.39 Å². The lowest BCUT2D eigenvalue weighted by Crippen LogP contribution is -2.45. The molecular weight excluding hydrogens is 223 g/mol. The third-order valence-electron chi connectivity index (χ3n) is 3.63. The normalized spacial score (nSPS) is 26.4. The molecule has 0 bridgehead atoms. The third-order valence-corrected chi connectivity index (χ3v) is 3.63. The Hall–Kier alpha value is -1.13. The SMILES string of the molecule is O[C@H]1CC2(CCOCC2)Oc2ccc(F)cc21. The monoisotopic (exact) mass is 238 g/mol. The van der Waals surface area contributed by atoms with E-state index in [1.807, 2.05) is 0 Å². The minimum absolute atomic E-state index is 0.331. The van der Waals surface area contributed by atoms with E-state index in [2.05, 4.69) is 0 Å². The van der Waals surface area contributed by atoms with Gasteiger partial charge in [0.1, 0.15) is 17.2 Å². The Morgan fingerprint density at radius 3 is 2.82 bits per heavy atom. The van der Waals surface area contributed by atoms with Crippen LogP contribution in [-0.2, 0) is 4.74 Å².